The third-order valence-corrected chi connectivity index (χ3v) is 4.52. The lowest BCUT2D eigenvalue weighted by Crippen LogP contribution is -2.15. The summed E-state index contributed by atoms with van der Waals surface area (Å²) in [6.45, 7) is 7.87. The second kappa shape index (κ2) is 9.72. The van der Waals surface area contributed by atoms with Gasteiger partial charge in [-0.15, -0.1) is 0 Å². The molecule has 0 unspecified atom stereocenters. The topological polar surface area (TPSA) is 50.2 Å². The lowest BCUT2D eigenvalue weighted by Gasteiger charge is -2.09. The first-order chi connectivity index (χ1) is 12.8. The molecule has 1 N–H and O–H groups in total. The van der Waals surface area contributed by atoms with Crippen molar-refractivity contribution in [1.82, 2.24) is 14.7 Å². The molecule has 0 saturated carbocycles. The van der Waals surface area contributed by atoms with Crippen molar-refractivity contribution in [3.05, 3.63) is 52.3 Å². The number of likely N-dealkylation sites (N-methyl/N-ethyl adjacent to an activating group) is 1. The number of hydrogen-bond donors (Lipinski definition) is 1. The Morgan fingerprint density at radius 3 is 2.56 bits per heavy atom. The van der Waals surface area contributed by atoms with Crippen LogP contribution in [0.5, 0.6) is 0 Å². The van der Waals surface area contributed by atoms with Crippen LogP contribution in [0.1, 0.15) is 30.7 Å². The molecule has 146 valence electrons. The van der Waals surface area contributed by atoms with Crippen molar-refractivity contribution in [3.63, 3.8) is 0 Å². The zero-order valence-corrected chi connectivity index (χ0v) is 17.5. The van der Waals surface area contributed by atoms with Crippen LogP contribution < -0.4 is 5.32 Å². The van der Waals surface area contributed by atoms with E-state index in [1.165, 1.54) is 11.6 Å². The molecule has 1 amide bonds. The van der Waals surface area contributed by atoms with E-state index in [9.17, 15) is 4.79 Å². The molecule has 0 saturated heterocycles. The van der Waals surface area contributed by atoms with Crippen molar-refractivity contribution in [2.45, 2.75) is 33.7 Å². The normalized spacial score (nSPS) is 11.7. The third-order valence-electron chi connectivity index (χ3n) is 4.12. The Morgan fingerprint density at radius 1 is 1.30 bits per heavy atom. The van der Waals surface area contributed by atoms with Gasteiger partial charge in [-0.25, -0.2) is 0 Å². The molecule has 27 heavy (non-hydrogen) atoms. The molecule has 1 aromatic heterocycles. The zero-order chi connectivity index (χ0) is 20.0. The van der Waals surface area contributed by atoms with Crippen molar-refractivity contribution >= 4 is 29.3 Å². The van der Waals surface area contributed by atoms with Crippen molar-refractivity contribution in [2.75, 3.05) is 26.0 Å². The van der Waals surface area contributed by atoms with Crippen LogP contribution in [0.15, 0.2) is 30.3 Å². The highest BCUT2D eigenvalue weighted by atomic mass is 35.5. The summed E-state index contributed by atoms with van der Waals surface area (Å²) >= 11 is 6.40. The van der Waals surface area contributed by atoms with Crippen LogP contribution in [0, 0.1) is 12.8 Å². The predicted molar refractivity (Wildman–Crippen MR) is 113 cm³/mol. The summed E-state index contributed by atoms with van der Waals surface area (Å²) in [7, 11) is 4.11. The lowest BCUT2D eigenvalue weighted by molar-refractivity contribution is -0.111. The molecule has 0 atom stereocenters. The molecule has 6 heteroatoms. The van der Waals surface area contributed by atoms with E-state index in [1.54, 1.807) is 10.8 Å². The summed E-state index contributed by atoms with van der Waals surface area (Å²) in [5.41, 5.74) is 3.62. The van der Waals surface area contributed by atoms with Crippen LogP contribution in [-0.4, -0.2) is 41.2 Å². The summed E-state index contributed by atoms with van der Waals surface area (Å²) in [5, 5.41) is 7.89. The Kier molecular flexibility index (Phi) is 7.63. The Balaban J connectivity index is 1.98. The number of benzene rings is 1. The van der Waals surface area contributed by atoms with E-state index in [2.05, 4.69) is 43.3 Å². The van der Waals surface area contributed by atoms with E-state index in [-0.39, 0.29) is 5.91 Å². The fourth-order valence-electron chi connectivity index (χ4n) is 2.67. The number of carbonyl (C=O) groups excluding carboxylic acids is 1. The summed E-state index contributed by atoms with van der Waals surface area (Å²) in [6.07, 6.45) is 4.21. The summed E-state index contributed by atoms with van der Waals surface area (Å²) in [4.78, 5) is 14.4. The Labute approximate surface area is 167 Å². The molecule has 1 aromatic carbocycles. The molecular formula is C21H29ClN4O. The SMILES string of the molecule is Cc1nn(CC(C)C)c(Cl)c1/C=C/C(=O)Nc1ccc(CCN(C)C)cc1. The predicted octanol–water partition coefficient (Wildman–Crippen LogP) is 4.26. The van der Waals surface area contributed by atoms with E-state index >= 15 is 0 Å². The fraction of sp³-hybridized carbons (Fsp3) is 0.429. The van der Waals surface area contributed by atoms with E-state index in [0.717, 1.165) is 36.5 Å². The standard InChI is InChI=1S/C21H29ClN4O/c1-15(2)14-26-21(22)19(16(3)24-26)10-11-20(27)23-18-8-6-17(7-9-18)12-13-25(4)5/h6-11,15H,12-14H2,1-5H3,(H,23,27)/b11-10+. The van der Waals surface area contributed by atoms with Gasteiger partial charge in [0.05, 0.1) is 5.69 Å². The van der Waals surface area contributed by atoms with Crippen LogP contribution in [0.2, 0.25) is 5.15 Å². The molecule has 5 nitrogen and oxygen atoms in total. The van der Waals surface area contributed by atoms with Gasteiger partial charge in [0.1, 0.15) is 5.15 Å². The van der Waals surface area contributed by atoms with Gasteiger partial charge in [0, 0.05) is 30.4 Å². The van der Waals surface area contributed by atoms with Gasteiger partial charge in [-0.3, -0.25) is 9.48 Å². The van der Waals surface area contributed by atoms with Gasteiger partial charge in [0.25, 0.3) is 0 Å². The van der Waals surface area contributed by atoms with Gasteiger partial charge in [0.15, 0.2) is 0 Å². The first-order valence-electron chi connectivity index (χ1n) is 9.22. The first-order valence-corrected chi connectivity index (χ1v) is 9.59. The number of nitrogens with zero attached hydrogens (tertiary/aromatic N) is 3. The number of nitrogens with one attached hydrogen (secondary N) is 1. The lowest BCUT2D eigenvalue weighted by atomic mass is 10.1. The van der Waals surface area contributed by atoms with Gasteiger partial charge in [0.2, 0.25) is 5.91 Å². The molecular weight excluding hydrogens is 360 g/mol. The number of anilines is 1. The average molecular weight is 389 g/mol. The zero-order valence-electron chi connectivity index (χ0n) is 16.8. The van der Waals surface area contributed by atoms with E-state index in [1.807, 2.05) is 31.2 Å². The quantitative estimate of drug-likeness (QED) is 0.687. The van der Waals surface area contributed by atoms with Crippen LogP contribution in [0.3, 0.4) is 0 Å². The van der Waals surface area contributed by atoms with Crippen LogP contribution in [-0.2, 0) is 17.8 Å². The Morgan fingerprint density at radius 2 is 1.96 bits per heavy atom. The fourth-order valence-corrected chi connectivity index (χ4v) is 2.98. The minimum absolute atomic E-state index is 0.192. The van der Waals surface area contributed by atoms with Gasteiger partial charge in [-0.05, 0) is 57.1 Å². The highest BCUT2D eigenvalue weighted by Crippen LogP contribution is 2.22. The monoisotopic (exact) mass is 388 g/mol. The van der Waals surface area contributed by atoms with E-state index in [0.29, 0.717) is 11.1 Å². The van der Waals surface area contributed by atoms with Crippen LogP contribution in [0.25, 0.3) is 6.08 Å². The van der Waals surface area contributed by atoms with Gasteiger partial charge in [-0.1, -0.05) is 37.6 Å². The number of carbonyl (C=O) groups is 1. The Hall–Kier alpha value is -2.11. The molecule has 0 radical (unpaired) electrons. The van der Waals surface area contributed by atoms with Crippen molar-refractivity contribution in [1.29, 1.82) is 0 Å². The molecule has 0 bridgehead atoms. The highest BCUT2D eigenvalue weighted by molar-refractivity contribution is 6.31. The second-order valence-electron chi connectivity index (χ2n) is 7.44. The molecule has 1 heterocycles. The number of hydrogen-bond acceptors (Lipinski definition) is 3. The molecule has 0 fully saturated rings. The molecule has 0 spiro atoms. The third kappa shape index (κ3) is 6.52. The second-order valence-corrected chi connectivity index (χ2v) is 7.80. The maximum atomic E-state index is 12.2. The molecule has 2 rings (SSSR count). The number of aryl methyl sites for hydroxylation is 1. The molecule has 0 aliphatic rings. The first kappa shape index (κ1) is 21.2. The Bertz CT molecular complexity index is 791. The smallest absolute Gasteiger partial charge is 0.248 e. The maximum Gasteiger partial charge on any atom is 0.248 e. The van der Waals surface area contributed by atoms with Crippen molar-refractivity contribution < 1.29 is 4.79 Å². The minimum atomic E-state index is -0.192. The largest absolute Gasteiger partial charge is 0.323 e. The number of rotatable bonds is 8. The summed E-state index contributed by atoms with van der Waals surface area (Å²) in [5.74, 6) is 0.255. The van der Waals surface area contributed by atoms with E-state index < -0.39 is 0 Å². The van der Waals surface area contributed by atoms with Crippen LogP contribution >= 0.6 is 11.6 Å². The maximum absolute atomic E-state index is 12.2. The number of amides is 1. The summed E-state index contributed by atoms with van der Waals surface area (Å²) < 4.78 is 1.78. The number of aromatic nitrogens is 2. The molecule has 0 aliphatic heterocycles. The molecule has 0 aliphatic carbocycles. The van der Waals surface area contributed by atoms with Gasteiger partial charge in [-0.2, -0.15) is 5.10 Å². The summed E-state index contributed by atoms with van der Waals surface area (Å²) in [6, 6.07) is 7.94. The van der Waals surface area contributed by atoms with E-state index in [4.69, 9.17) is 11.6 Å². The van der Waals surface area contributed by atoms with Gasteiger partial charge < -0.3 is 10.2 Å². The average Bonchev–Trinajstić information content (AvgIpc) is 2.85. The number of halogens is 1. The van der Waals surface area contributed by atoms with Gasteiger partial charge >= 0.3 is 0 Å². The van der Waals surface area contributed by atoms with Crippen LogP contribution in [0.4, 0.5) is 5.69 Å². The highest BCUT2D eigenvalue weighted by Gasteiger charge is 2.12. The van der Waals surface area contributed by atoms with Crippen molar-refractivity contribution in [3.8, 4) is 0 Å². The molecule has 2 aromatic rings. The van der Waals surface area contributed by atoms with Crippen molar-refractivity contribution in [2.24, 2.45) is 5.92 Å². The minimum Gasteiger partial charge on any atom is -0.323 e.